The Hall–Kier alpha value is -2.11. The molecule has 5 rings (SSSR count). The fourth-order valence-corrected chi connectivity index (χ4v) is 5.93. The topological polar surface area (TPSA) is 52.7 Å². The molecule has 1 aromatic carbocycles. The van der Waals surface area contributed by atoms with E-state index in [-0.39, 0.29) is 42.4 Å². The summed E-state index contributed by atoms with van der Waals surface area (Å²) in [5, 5.41) is 4.42. The van der Waals surface area contributed by atoms with Crippen molar-refractivity contribution in [1.29, 1.82) is 0 Å². The maximum atomic E-state index is 13.4. The molecule has 1 aliphatic carbocycles. The number of amides is 2. The number of fused-ring (bicyclic) bond motifs is 4. The van der Waals surface area contributed by atoms with Crippen molar-refractivity contribution in [1.82, 2.24) is 15.1 Å². The standard InChI is InChI=1S/C24H28ClN3O2/c1-2-3-12-27-14-21(29)28-20(24(27)30)13-17-15-8-5-7-11-19(15)26-22(17)23(28)16-9-4-6-10-18(16)25/h4,6-7,9-11,13,15,17,19,22-23,26H,2-3,5,8,12,14H2,1H3. The average molecular weight is 426 g/mol. The zero-order valence-corrected chi connectivity index (χ0v) is 18.0. The first-order chi connectivity index (χ1) is 14.6. The number of allylic oxidation sites excluding steroid dienone is 1. The van der Waals surface area contributed by atoms with Crippen LogP contribution >= 0.6 is 11.6 Å². The zero-order chi connectivity index (χ0) is 20.8. The van der Waals surface area contributed by atoms with Gasteiger partial charge in [0.15, 0.2) is 0 Å². The minimum absolute atomic E-state index is 0.0200. The van der Waals surface area contributed by atoms with Crippen molar-refractivity contribution in [3.05, 3.63) is 58.8 Å². The zero-order valence-electron chi connectivity index (χ0n) is 17.3. The summed E-state index contributed by atoms with van der Waals surface area (Å²) in [7, 11) is 0. The molecule has 2 fully saturated rings. The third kappa shape index (κ3) is 3.10. The number of nitrogens with zero attached hydrogens (tertiary/aromatic N) is 2. The van der Waals surface area contributed by atoms with Crippen molar-refractivity contribution >= 4 is 23.4 Å². The van der Waals surface area contributed by atoms with E-state index in [4.69, 9.17) is 11.6 Å². The summed E-state index contributed by atoms with van der Waals surface area (Å²) in [6, 6.07) is 7.78. The van der Waals surface area contributed by atoms with Gasteiger partial charge in [-0.15, -0.1) is 0 Å². The van der Waals surface area contributed by atoms with Gasteiger partial charge in [0, 0.05) is 29.6 Å². The van der Waals surface area contributed by atoms with E-state index in [1.54, 1.807) is 9.80 Å². The van der Waals surface area contributed by atoms with Gasteiger partial charge in [0.25, 0.3) is 5.91 Å². The summed E-state index contributed by atoms with van der Waals surface area (Å²) >= 11 is 6.62. The number of piperazine rings is 1. The lowest BCUT2D eigenvalue weighted by atomic mass is 9.75. The summed E-state index contributed by atoms with van der Waals surface area (Å²) in [5.41, 5.74) is 1.46. The van der Waals surface area contributed by atoms with Gasteiger partial charge >= 0.3 is 0 Å². The van der Waals surface area contributed by atoms with Gasteiger partial charge in [-0.25, -0.2) is 0 Å². The number of unbranched alkanes of at least 4 members (excludes halogenated alkanes) is 1. The quantitative estimate of drug-likeness (QED) is 0.749. The molecule has 0 spiro atoms. The maximum Gasteiger partial charge on any atom is 0.270 e. The number of halogens is 1. The third-order valence-corrected chi connectivity index (χ3v) is 7.44. The highest BCUT2D eigenvalue weighted by Crippen LogP contribution is 2.48. The van der Waals surface area contributed by atoms with E-state index in [9.17, 15) is 9.59 Å². The Morgan fingerprint density at radius 2 is 2.07 bits per heavy atom. The van der Waals surface area contributed by atoms with Crippen molar-refractivity contribution < 1.29 is 9.59 Å². The van der Waals surface area contributed by atoms with Crippen LogP contribution in [0.3, 0.4) is 0 Å². The molecule has 2 amide bonds. The molecule has 0 radical (unpaired) electrons. The molecule has 5 nitrogen and oxygen atoms in total. The van der Waals surface area contributed by atoms with Crippen LogP contribution in [-0.4, -0.2) is 46.8 Å². The number of nitrogens with one attached hydrogen (secondary N) is 1. The number of benzene rings is 1. The summed E-state index contributed by atoms with van der Waals surface area (Å²) in [5.74, 6) is 0.602. The summed E-state index contributed by atoms with van der Waals surface area (Å²) in [6.45, 7) is 2.87. The largest absolute Gasteiger partial charge is 0.328 e. The van der Waals surface area contributed by atoms with Crippen LogP contribution in [0.15, 0.2) is 48.2 Å². The van der Waals surface area contributed by atoms with Crippen molar-refractivity contribution in [2.24, 2.45) is 11.8 Å². The van der Waals surface area contributed by atoms with E-state index in [2.05, 4.69) is 30.5 Å². The summed E-state index contributed by atoms with van der Waals surface area (Å²) in [6.07, 6.45) is 10.6. The summed E-state index contributed by atoms with van der Waals surface area (Å²) < 4.78 is 0. The lowest BCUT2D eigenvalue weighted by Crippen LogP contribution is -2.59. The molecule has 0 saturated carbocycles. The molecule has 3 aliphatic heterocycles. The minimum atomic E-state index is -0.271. The third-order valence-electron chi connectivity index (χ3n) is 7.10. The van der Waals surface area contributed by atoms with E-state index in [1.165, 1.54) is 0 Å². The van der Waals surface area contributed by atoms with Crippen LogP contribution < -0.4 is 5.32 Å². The number of hydrogen-bond acceptors (Lipinski definition) is 3. The molecular formula is C24H28ClN3O2. The van der Waals surface area contributed by atoms with Gasteiger partial charge in [-0.2, -0.15) is 0 Å². The van der Waals surface area contributed by atoms with Gasteiger partial charge in [0.1, 0.15) is 12.2 Å². The molecule has 0 aromatic heterocycles. The number of hydrogen-bond donors (Lipinski definition) is 1. The van der Waals surface area contributed by atoms with Crippen molar-refractivity contribution in [2.45, 2.75) is 50.7 Å². The highest BCUT2D eigenvalue weighted by Gasteiger charge is 2.53. The van der Waals surface area contributed by atoms with Crippen molar-refractivity contribution in [3.8, 4) is 0 Å². The normalized spacial score (nSPS) is 32.6. The van der Waals surface area contributed by atoms with Gasteiger partial charge in [-0.05, 0) is 42.9 Å². The van der Waals surface area contributed by atoms with Gasteiger partial charge in [0.2, 0.25) is 5.91 Å². The Labute approximate surface area is 182 Å². The van der Waals surface area contributed by atoms with Crippen molar-refractivity contribution in [2.75, 3.05) is 13.1 Å². The second-order valence-electron chi connectivity index (χ2n) is 8.83. The molecule has 0 bridgehead atoms. The first-order valence-electron chi connectivity index (χ1n) is 11.1. The van der Waals surface area contributed by atoms with Crippen LogP contribution in [0.1, 0.15) is 44.2 Å². The predicted octanol–water partition coefficient (Wildman–Crippen LogP) is 3.67. The average Bonchev–Trinajstić information content (AvgIpc) is 3.13. The molecular weight excluding hydrogens is 398 g/mol. The molecule has 1 N–H and O–H groups in total. The number of carbonyl (C=O) groups is 2. The molecule has 6 heteroatoms. The van der Waals surface area contributed by atoms with Crippen LogP contribution in [0.25, 0.3) is 0 Å². The monoisotopic (exact) mass is 425 g/mol. The van der Waals surface area contributed by atoms with Crippen molar-refractivity contribution in [3.63, 3.8) is 0 Å². The fraction of sp³-hybridized carbons (Fsp3) is 0.500. The van der Waals surface area contributed by atoms with E-state index >= 15 is 0 Å². The van der Waals surface area contributed by atoms with Gasteiger partial charge in [-0.3, -0.25) is 14.5 Å². The van der Waals surface area contributed by atoms with Crippen LogP contribution in [0.4, 0.5) is 0 Å². The Kier molecular flexibility index (Phi) is 5.19. The maximum absolute atomic E-state index is 13.4. The molecule has 158 valence electrons. The lowest BCUT2D eigenvalue weighted by molar-refractivity contribution is -0.148. The van der Waals surface area contributed by atoms with E-state index in [0.717, 1.165) is 31.2 Å². The van der Waals surface area contributed by atoms with E-state index < -0.39 is 0 Å². The Morgan fingerprint density at radius 3 is 2.87 bits per heavy atom. The van der Waals surface area contributed by atoms with Crippen LogP contribution in [0.2, 0.25) is 5.02 Å². The van der Waals surface area contributed by atoms with Crippen LogP contribution in [0, 0.1) is 11.8 Å². The predicted molar refractivity (Wildman–Crippen MR) is 117 cm³/mol. The molecule has 30 heavy (non-hydrogen) atoms. The van der Waals surface area contributed by atoms with Gasteiger partial charge in [0.05, 0.1) is 6.04 Å². The smallest absolute Gasteiger partial charge is 0.270 e. The molecule has 5 unspecified atom stereocenters. The molecule has 2 saturated heterocycles. The first kappa shape index (κ1) is 19.8. The van der Waals surface area contributed by atoms with Gasteiger partial charge < -0.3 is 10.2 Å². The van der Waals surface area contributed by atoms with Crippen LogP contribution in [-0.2, 0) is 9.59 Å². The Bertz CT molecular complexity index is 927. The minimum Gasteiger partial charge on any atom is -0.328 e. The van der Waals surface area contributed by atoms with E-state index in [0.29, 0.717) is 23.2 Å². The van der Waals surface area contributed by atoms with E-state index in [1.807, 2.05) is 24.3 Å². The highest BCUT2D eigenvalue weighted by molar-refractivity contribution is 6.31. The molecule has 3 heterocycles. The van der Waals surface area contributed by atoms with Gasteiger partial charge in [-0.1, -0.05) is 55.3 Å². The first-order valence-corrected chi connectivity index (χ1v) is 11.5. The Balaban J connectivity index is 1.60. The molecule has 5 atom stereocenters. The second kappa shape index (κ2) is 7.86. The SMILES string of the molecule is CCCCN1CC(=O)N2C(=CC3C4CCC=CC4NC3C2c2ccccc2Cl)C1=O. The number of rotatable bonds is 4. The van der Waals surface area contributed by atoms with Crippen LogP contribution in [0.5, 0.6) is 0 Å². The second-order valence-corrected chi connectivity index (χ2v) is 9.23. The summed E-state index contributed by atoms with van der Waals surface area (Å²) in [4.78, 5) is 30.2. The highest BCUT2D eigenvalue weighted by atomic mass is 35.5. The lowest BCUT2D eigenvalue weighted by Gasteiger charge is -2.47. The Morgan fingerprint density at radius 1 is 1.23 bits per heavy atom. The molecule has 4 aliphatic rings. The molecule has 1 aromatic rings. The fourth-order valence-electron chi connectivity index (χ4n) is 5.68. The number of carbonyl (C=O) groups excluding carboxylic acids is 2.